The summed E-state index contributed by atoms with van der Waals surface area (Å²) >= 11 is 0. The van der Waals surface area contributed by atoms with E-state index < -0.39 is 5.41 Å². The molecule has 0 unspecified atom stereocenters. The second-order valence-corrected chi connectivity index (χ2v) is 6.79. The van der Waals surface area contributed by atoms with Crippen LogP contribution in [0.15, 0.2) is 54.6 Å². The zero-order valence-electron chi connectivity index (χ0n) is 14.8. The van der Waals surface area contributed by atoms with Crippen LogP contribution in [0.1, 0.15) is 53.5 Å². The van der Waals surface area contributed by atoms with Crippen LogP contribution in [0.4, 0.5) is 0 Å². The summed E-state index contributed by atoms with van der Waals surface area (Å²) in [5, 5.41) is 2.66. The van der Waals surface area contributed by atoms with Gasteiger partial charge in [-0.25, -0.2) is 0 Å². The lowest BCUT2D eigenvalue weighted by molar-refractivity contribution is -0.119. The summed E-state index contributed by atoms with van der Waals surface area (Å²) in [6, 6.07) is 16.1. The summed E-state index contributed by atoms with van der Waals surface area (Å²) in [6.45, 7) is 5.44. The minimum atomic E-state index is -0.417. The van der Waals surface area contributed by atoms with Crippen molar-refractivity contribution >= 4 is 17.5 Å². The number of Topliss-reactive ketones (excluding diaryl/α,β-unsaturated/α-hetero) is 2. The van der Waals surface area contributed by atoms with E-state index in [1.165, 1.54) is 6.92 Å². The Morgan fingerprint density at radius 3 is 2.20 bits per heavy atom. The quantitative estimate of drug-likeness (QED) is 0.786. The molecular formula is C21H23NO3. The number of ketones is 2. The Bertz CT molecular complexity index is 779. The largest absolute Gasteiger partial charge is 0.345 e. The van der Waals surface area contributed by atoms with E-state index in [1.54, 1.807) is 30.3 Å². The number of nitrogens with one attached hydrogen (secondary N) is 1. The van der Waals surface area contributed by atoms with Gasteiger partial charge < -0.3 is 5.32 Å². The van der Waals surface area contributed by atoms with Crippen LogP contribution in [0.2, 0.25) is 0 Å². The molecule has 0 aliphatic carbocycles. The second-order valence-electron chi connectivity index (χ2n) is 6.79. The summed E-state index contributed by atoms with van der Waals surface area (Å²) in [5.74, 6) is -0.313. The molecule has 2 aromatic rings. The fourth-order valence-corrected chi connectivity index (χ4v) is 2.69. The Hall–Kier alpha value is -2.75. The number of benzene rings is 2. The van der Waals surface area contributed by atoms with E-state index in [0.29, 0.717) is 11.1 Å². The van der Waals surface area contributed by atoms with Crippen molar-refractivity contribution in [2.24, 2.45) is 0 Å². The molecule has 1 N–H and O–H groups in total. The Morgan fingerprint density at radius 2 is 1.56 bits per heavy atom. The Morgan fingerprint density at radius 1 is 0.920 bits per heavy atom. The molecule has 0 bridgehead atoms. The van der Waals surface area contributed by atoms with Crippen LogP contribution in [-0.4, -0.2) is 24.0 Å². The number of carbonyl (C=O) groups excluding carboxylic acids is 3. The molecule has 2 rings (SSSR count). The topological polar surface area (TPSA) is 63.2 Å². The van der Waals surface area contributed by atoms with Crippen LogP contribution < -0.4 is 5.32 Å². The number of carbonyl (C=O) groups is 3. The minimum absolute atomic E-state index is 0.000832. The molecular weight excluding hydrogens is 314 g/mol. The molecule has 0 saturated carbocycles. The van der Waals surface area contributed by atoms with E-state index >= 15 is 0 Å². The molecule has 0 atom stereocenters. The first kappa shape index (κ1) is 18.6. The van der Waals surface area contributed by atoms with Gasteiger partial charge in [0.1, 0.15) is 0 Å². The van der Waals surface area contributed by atoms with E-state index in [9.17, 15) is 14.4 Å². The van der Waals surface area contributed by atoms with Crippen LogP contribution in [0.3, 0.4) is 0 Å². The third-order valence-electron chi connectivity index (χ3n) is 4.17. The first-order valence-corrected chi connectivity index (χ1v) is 8.26. The van der Waals surface area contributed by atoms with Crippen molar-refractivity contribution in [1.82, 2.24) is 5.32 Å². The van der Waals surface area contributed by atoms with Gasteiger partial charge in [-0.1, -0.05) is 50.2 Å². The lowest BCUT2D eigenvalue weighted by atomic mass is 9.79. The number of amides is 1. The lowest BCUT2D eigenvalue weighted by Gasteiger charge is -2.25. The maximum atomic E-state index is 12.3. The molecule has 0 radical (unpaired) electrons. The molecule has 4 nitrogen and oxygen atoms in total. The van der Waals surface area contributed by atoms with E-state index in [2.05, 4.69) is 5.32 Å². The van der Waals surface area contributed by atoms with Gasteiger partial charge in [0.05, 0.1) is 6.54 Å². The molecule has 0 aliphatic heterocycles. The van der Waals surface area contributed by atoms with Crippen molar-refractivity contribution < 1.29 is 14.4 Å². The van der Waals surface area contributed by atoms with Gasteiger partial charge in [0.25, 0.3) is 5.91 Å². The van der Waals surface area contributed by atoms with Gasteiger partial charge in [-0.3, -0.25) is 14.4 Å². The van der Waals surface area contributed by atoms with Gasteiger partial charge in [-0.05, 0) is 36.1 Å². The van der Waals surface area contributed by atoms with E-state index in [0.717, 1.165) is 5.56 Å². The van der Waals surface area contributed by atoms with Crippen molar-refractivity contribution in [3.05, 3.63) is 71.3 Å². The first-order chi connectivity index (χ1) is 11.8. The normalized spacial score (nSPS) is 11.0. The zero-order chi connectivity index (χ0) is 18.4. The highest BCUT2D eigenvalue weighted by atomic mass is 16.2. The highest BCUT2D eigenvalue weighted by Gasteiger charge is 2.25. The maximum Gasteiger partial charge on any atom is 0.251 e. The van der Waals surface area contributed by atoms with E-state index in [-0.39, 0.29) is 30.4 Å². The molecule has 0 spiro atoms. The van der Waals surface area contributed by atoms with Gasteiger partial charge in [0.2, 0.25) is 0 Å². The van der Waals surface area contributed by atoms with Crippen LogP contribution in [0.25, 0.3) is 0 Å². The number of hydrogen-bond acceptors (Lipinski definition) is 3. The third kappa shape index (κ3) is 5.11. The molecule has 0 saturated heterocycles. The van der Waals surface area contributed by atoms with Crippen LogP contribution >= 0.6 is 0 Å². The second kappa shape index (κ2) is 7.88. The standard InChI is InChI=1S/C21H23NO3/c1-15(23)17-10-7-11-18(12-17)21(2,3)13-19(24)14-22-20(25)16-8-5-4-6-9-16/h4-12H,13-14H2,1-3H3,(H,22,25). The lowest BCUT2D eigenvalue weighted by Crippen LogP contribution is -2.33. The van der Waals surface area contributed by atoms with Crippen molar-refractivity contribution in [2.45, 2.75) is 32.6 Å². The SMILES string of the molecule is CC(=O)c1cccc(C(C)(C)CC(=O)CNC(=O)c2ccccc2)c1. The van der Waals surface area contributed by atoms with Gasteiger partial charge in [0.15, 0.2) is 11.6 Å². The predicted octanol–water partition coefficient (Wildman–Crippen LogP) is 3.56. The molecule has 0 fully saturated rings. The highest BCUT2D eigenvalue weighted by Crippen LogP contribution is 2.28. The average Bonchev–Trinajstić information content (AvgIpc) is 2.60. The zero-order valence-corrected chi connectivity index (χ0v) is 14.8. The van der Waals surface area contributed by atoms with Crippen LogP contribution in [-0.2, 0) is 10.2 Å². The summed E-state index contributed by atoms with van der Waals surface area (Å²) in [7, 11) is 0. The number of rotatable bonds is 7. The van der Waals surface area contributed by atoms with E-state index in [1.807, 2.05) is 38.1 Å². The Kier molecular flexibility index (Phi) is 5.86. The monoisotopic (exact) mass is 337 g/mol. The molecule has 0 aliphatic rings. The summed E-state index contributed by atoms with van der Waals surface area (Å²) in [6.07, 6.45) is 0.281. The van der Waals surface area contributed by atoms with Crippen LogP contribution in [0, 0.1) is 0 Å². The average molecular weight is 337 g/mol. The third-order valence-corrected chi connectivity index (χ3v) is 4.17. The maximum absolute atomic E-state index is 12.3. The van der Waals surface area contributed by atoms with Crippen molar-refractivity contribution in [2.75, 3.05) is 6.54 Å². The van der Waals surface area contributed by atoms with Crippen molar-refractivity contribution in [1.29, 1.82) is 0 Å². The number of hydrogen-bond donors (Lipinski definition) is 1. The van der Waals surface area contributed by atoms with Gasteiger partial charge >= 0.3 is 0 Å². The van der Waals surface area contributed by atoms with Crippen molar-refractivity contribution in [3.63, 3.8) is 0 Å². The molecule has 1 amide bonds. The molecule has 130 valence electrons. The smallest absolute Gasteiger partial charge is 0.251 e. The van der Waals surface area contributed by atoms with Crippen LogP contribution in [0.5, 0.6) is 0 Å². The molecule has 2 aromatic carbocycles. The Balaban J connectivity index is 1.98. The summed E-state index contributed by atoms with van der Waals surface area (Å²) in [5.41, 5.74) is 1.68. The summed E-state index contributed by atoms with van der Waals surface area (Å²) < 4.78 is 0. The fraction of sp³-hybridized carbons (Fsp3) is 0.286. The van der Waals surface area contributed by atoms with Crippen molar-refractivity contribution in [3.8, 4) is 0 Å². The summed E-state index contributed by atoms with van der Waals surface area (Å²) in [4.78, 5) is 35.9. The van der Waals surface area contributed by atoms with Gasteiger partial charge in [-0.2, -0.15) is 0 Å². The predicted molar refractivity (Wildman–Crippen MR) is 97.9 cm³/mol. The molecule has 0 heterocycles. The molecule has 0 aromatic heterocycles. The molecule has 25 heavy (non-hydrogen) atoms. The minimum Gasteiger partial charge on any atom is -0.345 e. The Labute approximate surface area is 148 Å². The highest BCUT2D eigenvalue weighted by molar-refractivity contribution is 5.97. The van der Waals surface area contributed by atoms with Gasteiger partial charge in [-0.15, -0.1) is 0 Å². The molecule has 4 heteroatoms. The fourth-order valence-electron chi connectivity index (χ4n) is 2.69. The first-order valence-electron chi connectivity index (χ1n) is 8.26. The van der Waals surface area contributed by atoms with E-state index in [4.69, 9.17) is 0 Å². The van der Waals surface area contributed by atoms with Gasteiger partial charge in [0, 0.05) is 17.5 Å².